The Kier molecular flexibility index (Phi) is 5.34. The third-order valence-electron chi connectivity index (χ3n) is 5.06. The first-order chi connectivity index (χ1) is 15.6. The summed E-state index contributed by atoms with van der Waals surface area (Å²) in [5, 5.41) is 21.6. The van der Waals surface area contributed by atoms with E-state index in [9.17, 15) is 4.79 Å². The molecule has 0 saturated carbocycles. The van der Waals surface area contributed by atoms with Crippen molar-refractivity contribution in [2.45, 2.75) is 13.5 Å². The summed E-state index contributed by atoms with van der Waals surface area (Å²) >= 11 is 6.82. The van der Waals surface area contributed by atoms with Crippen molar-refractivity contribution in [2.75, 3.05) is 0 Å². The molecule has 32 heavy (non-hydrogen) atoms. The van der Waals surface area contributed by atoms with Crippen LogP contribution in [0.5, 0.6) is 0 Å². The molecule has 2 heterocycles. The average Bonchev–Trinajstić information content (AvgIpc) is 3.39. The lowest BCUT2D eigenvalue weighted by Crippen LogP contribution is -2.38. The Morgan fingerprint density at radius 3 is 2.62 bits per heavy atom. The zero-order chi connectivity index (χ0) is 22.1. The van der Waals surface area contributed by atoms with Gasteiger partial charge in [-0.25, -0.2) is 0 Å². The quantitative estimate of drug-likeness (QED) is 0.394. The number of rotatable bonds is 4. The van der Waals surface area contributed by atoms with Gasteiger partial charge in [0.1, 0.15) is 5.01 Å². The highest BCUT2D eigenvalue weighted by molar-refractivity contribution is 7.80. The van der Waals surface area contributed by atoms with Crippen LogP contribution in [0.1, 0.15) is 21.7 Å². The summed E-state index contributed by atoms with van der Waals surface area (Å²) in [5.41, 5.74) is 2.64. The summed E-state index contributed by atoms with van der Waals surface area (Å²) in [4.78, 5) is 13.5. The van der Waals surface area contributed by atoms with E-state index in [-0.39, 0.29) is 11.0 Å². The van der Waals surface area contributed by atoms with Gasteiger partial charge in [0, 0.05) is 17.7 Å². The van der Waals surface area contributed by atoms with Gasteiger partial charge in [-0.3, -0.25) is 10.1 Å². The van der Waals surface area contributed by atoms with Gasteiger partial charge in [-0.1, -0.05) is 72.0 Å². The molecule has 0 atom stereocenters. The van der Waals surface area contributed by atoms with Crippen molar-refractivity contribution in [3.05, 3.63) is 83.7 Å². The Morgan fingerprint density at radius 2 is 1.81 bits per heavy atom. The molecule has 0 aliphatic rings. The molecule has 5 aromatic rings. The lowest BCUT2D eigenvalue weighted by atomic mass is 10.0. The Hall–Kier alpha value is -3.69. The highest BCUT2D eigenvalue weighted by Gasteiger charge is 2.12. The molecule has 5 rings (SSSR count). The van der Waals surface area contributed by atoms with Gasteiger partial charge in [-0.05, 0) is 41.5 Å². The number of aromatic nitrogens is 4. The second-order valence-corrected chi connectivity index (χ2v) is 8.57. The number of nitrogens with zero attached hydrogens (tertiary/aromatic N) is 4. The van der Waals surface area contributed by atoms with Crippen LogP contribution in [0.4, 0.5) is 0 Å². The molecular formula is C23H18N6OS2. The minimum atomic E-state index is -0.229. The third kappa shape index (κ3) is 3.95. The van der Waals surface area contributed by atoms with Crippen LogP contribution >= 0.6 is 23.6 Å². The average molecular weight is 459 g/mol. The number of nitrogens with one attached hydrogen (secondary N) is 2. The van der Waals surface area contributed by atoms with Crippen molar-refractivity contribution < 1.29 is 4.79 Å². The van der Waals surface area contributed by atoms with Crippen LogP contribution in [0.2, 0.25) is 0 Å². The predicted molar refractivity (Wildman–Crippen MR) is 130 cm³/mol. The number of amides is 1. The Balaban J connectivity index is 1.21. The van der Waals surface area contributed by atoms with E-state index in [2.05, 4.69) is 25.9 Å². The minimum Gasteiger partial charge on any atom is -0.358 e. The van der Waals surface area contributed by atoms with E-state index in [1.807, 2.05) is 67.6 Å². The first kappa shape index (κ1) is 20.2. The number of carbonyl (C=O) groups is 1. The van der Waals surface area contributed by atoms with Crippen LogP contribution in [0, 0.1) is 6.92 Å². The van der Waals surface area contributed by atoms with Gasteiger partial charge in [0.2, 0.25) is 4.96 Å². The van der Waals surface area contributed by atoms with Crippen molar-refractivity contribution >= 4 is 50.3 Å². The van der Waals surface area contributed by atoms with Crippen LogP contribution in [0.15, 0.2) is 66.7 Å². The zero-order valence-electron chi connectivity index (χ0n) is 17.1. The van der Waals surface area contributed by atoms with E-state index >= 15 is 0 Å². The second-order valence-electron chi connectivity index (χ2n) is 7.21. The summed E-state index contributed by atoms with van der Waals surface area (Å²) in [6.07, 6.45) is 0. The Labute approximate surface area is 193 Å². The molecule has 9 heteroatoms. The van der Waals surface area contributed by atoms with Gasteiger partial charge in [0.15, 0.2) is 10.9 Å². The summed E-state index contributed by atoms with van der Waals surface area (Å²) in [7, 11) is 0. The molecule has 0 fully saturated rings. The van der Waals surface area contributed by atoms with E-state index in [0.29, 0.717) is 12.1 Å². The Morgan fingerprint density at radius 1 is 1.03 bits per heavy atom. The number of carbonyl (C=O) groups excluding carboxylic acids is 1. The normalized spacial score (nSPS) is 11.0. The number of fused-ring (bicyclic) bond motifs is 2. The SMILES string of the molecule is Cc1nnc2sc(-c3ccc(CNC(=S)NC(=O)c4cccc5ccccc45)cc3)nn12. The summed E-state index contributed by atoms with van der Waals surface area (Å²) in [6.45, 7) is 2.37. The van der Waals surface area contributed by atoms with Gasteiger partial charge in [0.25, 0.3) is 5.91 Å². The highest BCUT2D eigenvalue weighted by atomic mass is 32.1. The Bertz CT molecular complexity index is 1450. The first-order valence-electron chi connectivity index (χ1n) is 9.93. The summed E-state index contributed by atoms with van der Waals surface area (Å²) < 4.78 is 1.74. The van der Waals surface area contributed by atoms with Crippen LogP contribution in [0.25, 0.3) is 26.3 Å². The van der Waals surface area contributed by atoms with E-state index in [0.717, 1.165) is 37.7 Å². The number of hydrogen-bond donors (Lipinski definition) is 2. The molecule has 2 N–H and O–H groups in total. The molecule has 0 saturated heterocycles. The molecule has 1 amide bonds. The van der Waals surface area contributed by atoms with E-state index < -0.39 is 0 Å². The number of hydrogen-bond acceptors (Lipinski definition) is 6. The smallest absolute Gasteiger partial charge is 0.258 e. The molecule has 0 radical (unpaired) electrons. The van der Waals surface area contributed by atoms with Crippen molar-refractivity contribution in [3.63, 3.8) is 0 Å². The summed E-state index contributed by atoms with van der Waals surface area (Å²) in [6, 6.07) is 21.5. The zero-order valence-corrected chi connectivity index (χ0v) is 18.7. The molecule has 0 aliphatic heterocycles. The number of benzene rings is 3. The molecule has 0 spiro atoms. The van der Waals surface area contributed by atoms with Gasteiger partial charge in [0.05, 0.1) is 0 Å². The van der Waals surface area contributed by atoms with Crippen LogP contribution in [-0.4, -0.2) is 30.8 Å². The number of aryl methyl sites for hydroxylation is 1. The molecule has 2 aromatic heterocycles. The van der Waals surface area contributed by atoms with Crippen LogP contribution in [-0.2, 0) is 6.54 Å². The van der Waals surface area contributed by atoms with E-state index in [1.54, 1.807) is 10.6 Å². The predicted octanol–water partition coefficient (Wildman–Crippen LogP) is 4.12. The van der Waals surface area contributed by atoms with Crippen molar-refractivity contribution in [2.24, 2.45) is 0 Å². The molecule has 0 unspecified atom stereocenters. The maximum atomic E-state index is 12.7. The molecule has 158 valence electrons. The lowest BCUT2D eigenvalue weighted by molar-refractivity contribution is 0.0978. The molecule has 3 aromatic carbocycles. The van der Waals surface area contributed by atoms with Gasteiger partial charge >= 0.3 is 0 Å². The lowest BCUT2D eigenvalue weighted by Gasteiger charge is -2.11. The molecular weight excluding hydrogens is 440 g/mol. The fourth-order valence-corrected chi connectivity index (χ4v) is 4.47. The molecule has 0 aliphatic carbocycles. The van der Waals surface area contributed by atoms with E-state index in [4.69, 9.17) is 12.2 Å². The standard InChI is InChI=1S/C23H18N6OS2/c1-14-26-27-23-29(14)28-21(32-23)17-11-9-15(10-12-17)13-24-22(31)25-20(30)19-8-4-6-16-5-2-3-7-18(16)19/h2-12H,13H2,1H3,(H2,24,25,30,31). The van der Waals surface area contributed by atoms with Gasteiger partial charge in [-0.2, -0.15) is 9.61 Å². The topological polar surface area (TPSA) is 84.2 Å². The fraction of sp³-hybridized carbons (Fsp3) is 0.0870. The fourth-order valence-electron chi connectivity index (χ4n) is 3.42. The van der Waals surface area contributed by atoms with Crippen molar-refractivity contribution in [1.29, 1.82) is 0 Å². The monoisotopic (exact) mass is 458 g/mol. The number of thiocarbonyl (C=S) groups is 1. The van der Waals surface area contributed by atoms with Crippen molar-refractivity contribution in [1.82, 2.24) is 30.4 Å². The third-order valence-corrected chi connectivity index (χ3v) is 6.26. The molecule has 7 nitrogen and oxygen atoms in total. The van der Waals surface area contributed by atoms with Gasteiger partial charge < -0.3 is 5.32 Å². The maximum absolute atomic E-state index is 12.7. The highest BCUT2D eigenvalue weighted by Crippen LogP contribution is 2.25. The van der Waals surface area contributed by atoms with Gasteiger partial charge in [-0.15, -0.1) is 10.2 Å². The van der Waals surface area contributed by atoms with Crippen molar-refractivity contribution in [3.8, 4) is 10.6 Å². The van der Waals surface area contributed by atoms with Crippen LogP contribution in [0.3, 0.4) is 0 Å². The first-order valence-corrected chi connectivity index (χ1v) is 11.2. The minimum absolute atomic E-state index is 0.229. The molecule has 0 bridgehead atoms. The largest absolute Gasteiger partial charge is 0.358 e. The van der Waals surface area contributed by atoms with Crippen LogP contribution < -0.4 is 10.6 Å². The second kappa shape index (κ2) is 8.45. The summed E-state index contributed by atoms with van der Waals surface area (Å²) in [5.74, 6) is 0.538. The van der Waals surface area contributed by atoms with E-state index in [1.165, 1.54) is 11.3 Å². The maximum Gasteiger partial charge on any atom is 0.258 e.